The van der Waals surface area contributed by atoms with Gasteiger partial charge in [0.05, 0.1) is 18.8 Å². The third-order valence-corrected chi connectivity index (χ3v) is 4.46. The molecule has 0 saturated carbocycles. The van der Waals surface area contributed by atoms with Gasteiger partial charge in [0.25, 0.3) is 17.7 Å². The third kappa shape index (κ3) is 2.74. The first-order chi connectivity index (χ1) is 11.8. The van der Waals surface area contributed by atoms with Gasteiger partial charge in [0, 0.05) is 17.3 Å². The van der Waals surface area contributed by atoms with Gasteiger partial charge in [-0.2, -0.15) is 0 Å². The van der Waals surface area contributed by atoms with E-state index in [1.54, 1.807) is 6.92 Å². The standard InChI is InChI=1S/C17H19N3O5/c1-8-9(2)16-15(19-12(22)7-25-16)10(3)14(8)18-11-6-13(23)20(4-5-21)17(11)24/h6,18,21H,4-5,7H2,1-3H3,(H,19,22). The van der Waals surface area contributed by atoms with E-state index in [0.29, 0.717) is 22.7 Å². The molecule has 0 aliphatic carbocycles. The number of fused-ring (bicyclic) bond motifs is 1. The maximum absolute atomic E-state index is 12.3. The van der Waals surface area contributed by atoms with E-state index in [1.165, 1.54) is 6.08 Å². The fourth-order valence-electron chi connectivity index (χ4n) is 3.00. The van der Waals surface area contributed by atoms with Crippen molar-refractivity contribution in [3.05, 3.63) is 28.5 Å². The molecule has 0 atom stereocenters. The molecule has 0 aromatic heterocycles. The highest BCUT2D eigenvalue weighted by molar-refractivity contribution is 6.17. The van der Waals surface area contributed by atoms with E-state index >= 15 is 0 Å². The highest BCUT2D eigenvalue weighted by atomic mass is 16.5. The number of carbonyl (C=O) groups excluding carboxylic acids is 3. The van der Waals surface area contributed by atoms with Crippen LogP contribution in [-0.2, 0) is 14.4 Å². The minimum absolute atomic E-state index is 0.0340. The Bertz CT molecular complexity index is 828. The number of amides is 3. The van der Waals surface area contributed by atoms with Crippen molar-refractivity contribution < 1.29 is 24.2 Å². The molecule has 8 nitrogen and oxygen atoms in total. The number of ether oxygens (including phenoxy) is 1. The molecule has 0 unspecified atom stereocenters. The van der Waals surface area contributed by atoms with Gasteiger partial charge in [0.2, 0.25) is 0 Å². The average Bonchev–Trinajstić information content (AvgIpc) is 2.84. The number of β-amino-alcohol motifs (C(OH)–C–C–N with tert-alkyl or cyclic N) is 1. The van der Waals surface area contributed by atoms with Gasteiger partial charge in [0.15, 0.2) is 6.61 Å². The SMILES string of the molecule is Cc1c(C)c2c(c(C)c1NC1=CC(=O)N(CCO)C1=O)NC(=O)CO2. The minimum Gasteiger partial charge on any atom is -0.481 e. The van der Waals surface area contributed by atoms with Crippen LogP contribution in [0.15, 0.2) is 11.8 Å². The van der Waals surface area contributed by atoms with Gasteiger partial charge in [-0.25, -0.2) is 0 Å². The number of anilines is 2. The summed E-state index contributed by atoms with van der Waals surface area (Å²) in [7, 11) is 0. The molecule has 132 valence electrons. The Labute approximate surface area is 144 Å². The van der Waals surface area contributed by atoms with Crippen molar-refractivity contribution in [2.24, 2.45) is 0 Å². The maximum atomic E-state index is 12.3. The number of hydrogen-bond acceptors (Lipinski definition) is 6. The molecule has 1 aromatic carbocycles. The van der Waals surface area contributed by atoms with Gasteiger partial charge in [-0.15, -0.1) is 0 Å². The van der Waals surface area contributed by atoms with Crippen LogP contribution in [0.2, 0.25) is 0 Å². The van der Waals surface area contributed by atoms with Gasteiger partial charge in [-0.05, 0) is 31.9 Å². The zero-order chi connectivity index (χ0) is 18.3. The number of hydrogen-bond donors (Lipinski definition) is 3. The van der Waals surface area contributed by atoms with Crippen molar-refractivity contribution in [1.82, 2.24) is 4.90 Å². The summed E-state index contributed by atoms with van der Waals surface area (Å²) in [6, 6.07) is 0. The molecule has 2 aliphatic rings. The maximum Gasteiger partial charge on any atom is 0.277 e. The zero-order valence-electron chi connectivity index (χ0n) is 14.2. The van der Waals surface area contributed by atoms with Gasteiger partial charge in [0.1, 0.15) is 11.4 Å². The predicted octanol–water partition coefficient (Wildman–Crippen LogP) is 0.600. The second-order valence-electron chi connectivity index (χ2n) is 5.99. The van der Waals surface area contributed by atoms with Crippen LogP contribution in [0.25, 0.3) is 0 Å². The minimum atomic E-state index is -0.492. The fraction of sp³-hybridized carbons (Fsp3) is 0.353. The summed E-state index contributed by atoms with van der Waals surface area (Å²) in [5.74, 6) is -0.591. The first kappa shape index (κ1) is 17.0. The van der Waals surface area contributed by atoms with Crippen molar-refractivity contribution in [2.45, 2.75) is 20.8 Å². The highest BCUT2D eigenvalue weighted by Crippen LogP contribution is 2.42. The van der Waals surface area contributed by atoms with Crippen LogP contribution in [0.4, 0.5) is 11.4 Å². The molecular formula is C17H19N3O5. The molecule has 3 N–H and O–H groups in total. The number of aliphatic hydroxyl groups is 1. The summed E-state index contributed by atoms with van der Waals surface area (Å²) < 4.78 is 5.53. The second-order valence-corrected chi connectivity index (χ2v) is 5.99. The monoisotopic (exact) mass is 345 g/mol. The van der Waals surface area contributed by atoms with E-state index in [2.05, 4.69) is 10.6 Å². The van der Waals surface area contributed by atoms with Gasteiger partial charge < -0.3 is 20.5 Å². The largest absolute Gasteiger partial charge is 0.481 e. The first-order valence-corrected chi connectivity index (χ1v) is 7.87. The summed E-state index contributed by atoms with van der Waals surface area (Å²) in [6.45, 7) is 5.16. The van der Waals surface area contributed by atoms with Crippen molar-refractivity contribution in [3.63, 3.8) is 0 Å². The van der Waals surface area contributed by atoms with E-state index < -0.39 is 11.8 Å². The van der Waals surface area contributed by atoms with E-state index in [4.69, 9.17) is 9.84 Å². The molecule has 0 spiro atoms. The molecular weight excluding hydrogens is 326 g/mol. The number of carbonyl (C=O) groups is 3. The lowest BCUT2D eigenvalue weighted by molar-refractivity contribution is -0.137. The van der Waals surface area contributed by atoms with E-state index in [0.717, 1.165) is 16.0 Å². The summed E-state index contributed by atoms with van der Waals surface area (Å²) in [4.78, 5) is 36.8. The quantitative estimate of drug-likeness (QED) is 0.690. The number of nitrogens with one attached hydrogen (secondary N) is 2. The van der Waals surface area contributed by atoms with Crippen LogP contribution >= 0.6 is 0 Å². The van der Waals surface area contributed by atoms with Crippen LogP contribution in [0.5, 0.6) is 5.75 Å². The molecule has 25 heavy (non-hydrogen) atoms. The van der Waals surface area contributed by atoms with E-state index in [1.807, 2.05) is 13.8 Å². The molecule has 3 amide bonds. The highest BCUT2D eigenvalue weighted by Gasteiger charge is 2.32. The van der Waals surface area contributed by atoms with Crippen LogP contribution in [0.1, 0.15) is 16.7 Å². The lowest BCUT2D eigenvalue weighted by Gasteiger charge is -2.26. The summed E-state index contributed by atoms with van der Waals surface area (Å²) >= 11 is 0. The smallest absolute Gasteiger partial charge is 0.277 e. The van der Waals surface area contributed by atoms with Crippen molar-refractivity contribution in [1.29, 1.82) is 0 Å². The van der Waals surface area contributed by atoms with Crippen LogP contribution in [0, 0.1) is 20.8 Å². The van der Waals surface area contributed by atoms with Crippen molar-refractivity contribution in [2.75, 3.05) is 30.4 Å². The van der Waals surface area contributed by atoms with Crippen molar-refractivity contribution >= 4 is 29.1 Å². The van der Waals surface area contributed by atoms with Gasteiger partial charge in [-0.3, -0.25) is 19.3 Å². The Kier molecular flexibility index (Phi) is 4.22. The normalized spacial score (nSPS) is 16.4. The Morgan fingerprint density at radius 3 is 2.60 bits per heavy atom. The molecule has 1 aromatic rings. The summed E-state index contributed by atoms with van der Waals surface area (Å²) in [5, 5.41) is 14.8. The molecule has 0 bridgehead atoms. The molecule has 2 aliphatic heterocycles. The first-order valence-electron chi connectivity index (χ1n) is 7.87. The Balaban J connectivity index is 1.99. The lowest BCUT2D eigenvalue weighted by Crippen LogP contribution is -2.34. The number of imide groups is 1. The van der Waals surface area contributed by atoms with Gasteiger partial charge >= 0.3 is 0 Å². The van der Waals surface area contributed by atoms with E-state index in [9.17, 15) is 14.4 Å². The Morgan fingerprint density at radius 1 is 1.20 bits per heavy atom. The Morgan fingerprint density at radius 2 is 1.92 bits per heavy atom. The molecule has 0 saturated heterocycles. The number of aliphatic hydroxyl groups excluding tert-OH is 1. The predicted molar refractivity (Wildman–Crippen MR) is 90.3 cm³/mol. The topological polar surface area (TPSA) is 108 Å². The lowest BCUT2D eigenvalue weighted by atomic mass is 9.98. The molecule has 3 rings (SSSR count). The zero-order valence-corrected chi connectivity index (χ0v) is 14.2. The molecule has 2 heterocycles. The van der Waals surface area contributed by atoms with Crippen LogP contribution in [0.3, 0.4) is 0 Å². The third-order valence-electron chi connectivity index (χ3n) is 4.46. The molecule has 0 fully saturated rings. The number of benzene rings is 1. The summed E-state index contributed by atoms with van der Waals surface area (Å²) in [6.07, 6.45) is 1.21. The number of nitrogens with zero attached hydrogens (tertiary/aromatic N) is 1. The molecule has 0 radical (unpaired) electrons. The van der Waals surface area contributed by atoms with Crippen molar-refractivity contribution in [3.8, 4) is 5.75 Å². The Hall–Kier alpha value is -2.87. The summed E-state index contributed by atoms with van der Waals surface area (Å²) in [5.41, 5.74) is 3.74. The number of rotatable bonds is 4. The molecule has 8 heteroatoms. The van der Waals surface area contributed by atoms with Crippen LogP contribution < -0.4 is 15.4 Å². The fourth-order valence-corrected chi connectivity index (χ4v) is 3.00. The second kappa shape index (κ2) is 6.21. The average molecular weight is 345 g/mol. The van der Waals surface area contributed by atoms with Gasteiger partial charge in [-0.1, -0.05) is 0 Å². The van der Waals surface area contributed by atoms with E-state index in [-0.39, 0.29) is 31.4 Å². The van der Waals surface area contributed by atoms with Crippen LogP contribution in [-0.4, -0.2) is 47.5 Å².